The zero-order chi connectivity index (χ0) is 11.5. The average molecular weight is 224 g/mol. The van der Waals surface area contributed by atoms with Gasteiger partial charge in [0.2, 0.25) is 0 Å². The van der Waals surface area contributed by atoms with Crippen molar-refractivity contribution in [3.8, 4) is 0 Å². The highest BCUT2D eigenvalue weighted by atomic mass is 16.3. The van der Waals surface area contributed by atoms with Crippen LogP contribution in [-0.2, 0) is 19.6 Å². The summed E-state index contributed by atoms with van der Waals surface area (Å²) in [5, 5.41) is 17.4. The Labute approximate surface area is 96.1 Å². The second-order valence-corrected chi connectivity index (χ2v) is 4.81. The molecule has 0 spiro atoms. The Hall–Kier alpha value is -0.940. The van der Waals surface area contributed by atoms with E-state index >= 15 is 0 Å². The standard InChI is InChI=1S/C11H20N4O/c1-14(2)5-6-15-11(7-9-3-4-9)10(8-16)12-13-15/h9,16H,3-8H2,1-2H3. The van der Waals surface area contributed by atoms with Crippen molar-refractivity contribution in [2.75, 3.05) is 20.6 Å². The van der Waals surface area contributed by atoms with Crippen LogP contribution in [0.4, 0.5) is 0 Å². The molecule has 0 aromatic carbocycles. The van der Waals surface area contributed by atoms with E-state index in [-0.39, 0.29) is 6.61 Å². The molecule has 1 N–H and O–H groups in total. The van der Waals surface area contributed by atoms with Gasteiger partial charge in [0.05, 0.1) is 18.8 Å². The zero-order valence-electron chi connectivity index (χ0n) is 10.1. The van der Waals surface area contributed by atoms with Gasteiger partial charge in [0, 0.05) is 6.54 Å². The lowest BCUT2D eigenvalue weighted by Crippen LogP contribution is -2.20. The predicted octanol–water partition coefficient (Wildman–Crippen LogP) is 0.284. The topological polar surface area (TPSA) is 54.2 Å². The van der Waals surface area contributed by atoms with Crippen LogP contribution in [0.5, 0.6) is 0 Å². The van der Waals surface area contributed by atoms with Gasteiger partial charge in [0.1, 0.15) is 5.69 Å². The van der Waals surface area contributed by atoms with Crippen molar-refractivity contribution in [3.63, 3.8) is 0 Å². The Balaban J connectivity index is 2.05. The number of hydrogen-bond acceptors (Lipinski definition) is 4. The Morgan fingerprint density at radius 1 is 1.44 bits per heavy atom. The van der Waals surface area contributed by atoms with E-state index in [0.717, 1.165) is 36.8 Å². The van der Waals surface area contributed by atoms with Crippen molar-refractivity contribution < 1.29 is 5.11 Å². The van der Waals surface area contributed by atoms with Gasteiger partial charge in [-0.15, -0.1) is 5.10 Å². The molecular weight excluding hydrogens is 204 g/mol. The summed E-state index contributed by atoms with van der Waals surface area (Å²) in [5.74, 6) is 0.793. The van der Waals surface area contributed by atoms with E-state index in [2.05, 4.69) is 15.2 Å². The molecule has 0 atom stereocenters. The summed E-state index contributed by atoms with van der Waals surface area (Å²) in [6, 6.07) is 0. The Kier molecular flexibility index (Phi) is 3.56. The maximum Gasteiger partial charge on any atom is 0.111 e. The molecule has 1 saturated carbocycles. The molecule has 0 unspecified atom stereocenters. The third-order valence-corrected chi connectivity index (χ3v) is 3.01. The highest BCUT2D eigenvalue weighted by Crippen LogP contribution is 2.33. The first-order chi connectivity index (χ1) is 7.70. The third kappa shape index (κ3) is 2.80. The van der Waals surface area contributed by atoms with E-state index < -0.39 is 0 Å². The van der Waals surface area contributed by atoms with Crippen molar-refractivity contribution in [3.05, 3.63) is 11.4 Å². The van der Waals surface area contributed by atoms with E-state index in [9.17, 15) is 5.11 Å². The van der Waals surface area contributed by atoms with E-state index in [1.165, 1.54) is 12.8 Å². The normalized spacial score (nSPS) is 16.0. The van der Waals surface area contributed by atoms with Crippen molar-refractivity contribution in [1.29, 1.82) is 0 Å². The van der Waals surface area contributed by atoms with E-state index in [1.807, 2.05) is 18.8 Å². The second kappa shape index (κ2) is 4.93. The van der Waals surface area contributed by atoms with Gasteiger partial charge in [-0.1, -0.05) is 5.21 Å². The largest absolute Gasteiger partial charge is 0.390 e. The van der Waals surface area contributed by atoms with Crippen LogP contribution in [-0.4, -0.2) is 45.6 Å². The molecular formula is C11H20N4O. The molecule has 2 rings (SSSR count). The number of hydrogen-bond donors (Lipinski definition) is 1. The Morgan fingerprint density at radius 2 is 2.19 bits per heavy atom. The molecule has 5 nitrogen and oxygen atoms in total. The summed E-state index contributed by atoms with van der Waals surface area (Å²) in [6.07, 6.45) is 3.64. The highest BCUT2D eigenvalue weighted by molar-refractivity contribution is 5.11. The Bertz CT molecular complexity index is 344. The van der Waals surface area contributed by atoms with E-state index in [4.69, 9.17) is 0 Å². The number of likely N-dealkylation sites (N-methyl/N-ethyl adjacent to an activating group) is 1. The summed E-state index contributed by atoms with van der Waals surface area (Å²) in [6.45, 7) is 1.80. The van der Waals surface area contributed by atoms with Crippen LogP contribution in [0.25, 0.3) is 0 Å². The maximum absolute atomic E-state index is 9.22. The van der Waals surface area contributed by atoms with Crippen LogP contribution < -0.4 is 0 Å². The first-order valence-corrected chi connectivity index (χ1v) is 5.87. The van der Waals surface area contributed by atoms with Crippen molar-refractivity contribution in [2.45, 2.75) is 32.4 Å². The second-order valence-electron chi connectivity index (χ2n) is 4.81. The summed E-state index contributed by atoms with van der Waals surface area (Å²) in [5.41, 5.74) is 1.89. The van der Waals surface area contributed by atoms with Gasteiger partial charge in [-0.25, -0.2) is 4.68 Å². The molecule has 1 aliphatic carbocycles. The maximum atomic E-state index is 9.22. The van der Waals surface area contributed by atoms with Gasteiger partial charge in [0.15, 0.2) is 0 Å². The lowest BCUT2D eigenvalue weighted by Gasteiger charge is -2.11. The van der Waals surface area contributed by atoms with Crippen LogP contribution >= 0.6 is 0 Å². The molecule has 1 aliphatic rings. The SMILES string of the molecule is CN(C)CCn1nnc(CO)c1CC1CC1. The van der Waals surface area contributed by atoms with Crippen LogP contribution in [0.1, 0.15) is 24.2 Å². The summed E-state index contributed by atoms with van der Waals surface area (Å²) in [7, 11) is 4.09. The molecule has 0 radical (unpaired) electrons. The molecule has 5 heteroatoms. The minimum Gasteiger partial charge on any atom is -0.390 e. The van der Waals surface area contributed by atoms with Gasteiger partial charge in [0.25, 0.3) is 0 Å². The highest BCUT2D eigenvalue weighted by Gasteiger charge is 2.25. The fourth-order valence-corrected chi connectivity index (χ4v) is 1.78. The van der Waals surface area contributed by atoms with Crippen molar-refractivity contribution in [1.82, 2.24) is 19.9 Å². The van der Waals surface area contributed by atoms with Crippen molar-refractivity contribution in [2.24, 2.45) is 5.92 Å². The lowest BCUT2D eigenvalue weighted by atomic mass is 10.2. The fraction of sp³-hybridized carbons (Fsp3) is 0.818. The predicted molar refractivity (Wildman–Crippen MR) is 60.9 cm³/mol. The lowest BCUT2D eigenvalue weighted by molar-refractivity contribution is 0.275. The fourth-order valence-electron chi connectivity index (χ4n) is 1.78. The molecule has 0 bridgehead atoms. The molecule has 0 amide bonds. The van der Waals surface area contributed by atoms with Gasteiger partial charge >= 0.3 is 0 Å². The zero-order valence-corrected chi connectivity index (χ0v) is 10.1. The summed E-state index contributed by atoms with van der Waals surface area (Å²) in [4.78, 5) is 2.13. The monoisotopic (exact) mass is 224 g/mol. The van der Waals surface area contributed by atoms with E-state index in [0.29, 0.717) is 0 Å². The van der Waals surface area contributed by atoms with Gasteiger partial charge in [-0.05, 0) is 39.3 Å². The summed E-state index contributed by atoms with van der Waals surface area (Å²) < 4.78 is 1.95. The molecule has 16 heavy (non-hydrogen) atoms. The number of aliphatic hydroxyl groups is 1. The molecule has 0 aliphatic heterocycles. The molecule has 1 aromatic rings. The van der Waals surface area contributed by atoms with Gasteiger partial charge < -0.3 is 10.0 Å². The van der Waals surface area contributed by atoms with Gasteiger partial charge in [-0.3, -0.25) is 0 Å². The third-order valence-electron chi connectivity index (χ3n) is 3.01. The molecule has 1 heterocycles. The molecule has 90 valence electrons. The molecule has 0 saturated heterocycles. The first-order valence-electron chi connectivity index (χ1n) is 5.87. The van der Waals surface area contributed by atoms with E-state index in [1.54, 1.807) is 0 Å². The molecule has 1 aromatic heterocycles. The van der Waals surface area contributed by atoms with Crippen LogP contribution in [0, 0.1) is 5.92 Å². The average Bonchev–Trinajstić information content (AvgIpc) is 2.96. The first kappa shape index (κ1) is 11.5. The van der Waals surface area contributed by atoms with Gasteiger partial charge in [-0.2, -0.15) is 0 Å². The number of aromatic nitrogens is 3. The minimum atomic E-state index is 0.00399. The molecule has 1 fully saturated rings. The minimum absolute atomic E-state index is 0.00399. The number of aliphatic hydroxyl groups excluding tert-OH is 1. The quantitative estimate of drug-likeness (QED) is 0.754. The van der Waals surface area contributed by atoms with Crippen molar-refractivity contribution >= 4 is 0 Å². The smallest absolute Gasteiger partial charge is 0.111 e. The number of nitrogens with zero attached hydrogens (tertiary/aromatic N) is 4. The number of rotatable bonds is 6. The van der Waals surface area contributed by atoms with Crippen LogP contribution in [0.2, 0.25) is 0 Å². The Morgan fingerprint density at radius 3 is 2.75 bits per heavy atom. The van der Waals surface area contributed by atoms with Crippen LogP contribution in [0.3, 0.4) is 0 Å². The van der Waals surface area contributed by atoms with Crippen LogP contribution in [0.15, 0.2) is 0 Å². The summed E-state index contributed by atoms with van der Waals surface area (Å²) >= 11 is 0.